The van der Waals surface area contributed by atoms with E-state index in [-0.39, 0.29) is 31.6 Å². The first-order valence-electron chi connectivity index (χ1n) is 10.7. The van der Waals surface area contributed by atoms with E-state index in [1.54, 1.807) is 13.8 Å². The SMILES string of the molecule is CC(C)CC(NC(=O)C(CCC(=O)O)NC(=O)C(N)CCC(N)=O)C(=O)NC(CC(=O)O)C(=O)O. The number of aliphatic carboxylic acids is 3. The molecule has 0 saturated heterocycles. The van der Waals surface area contributed by atoms with Crippen molar-refractivity contribution in [2.45, 2.75) is 76.5 Å². The Morgan fingerprint density at radius 1 is 0.714 bits per heavy atom. The Hall–Kier alpha value is -3.75. The topological polar surface area (TPSA) is 268 Å². The highest BCUT2D eigenvalue weighted by atomic mass is 16.4. The van der Waals surface area contributed by atoms with Crippen molar-refractivity contribution in [3.05, 3.63) is 0 Å². The number of primary amides is 1. The third kappa shape index (κ3) is 13.5. The van der Waals surface area contributed by atoms with Crippen LogP contribution in [-0.4, -0.2) is 81.0 Å². The molecule has 0 aliphatic carbocycles. The van der Waals surface area contributed by atoms with Crippen LogP contribution in [0.4, 0.5) is 0 Å². The Labute approximate surface area is 201 Å². The molecule has 0 bridgehead atoms. The minimum absolute atomic E-state index is 0.0225. The Balaban J connectivity index is 5.57. The maximum atomic E-state index is 12.8. The lowest BCUT2D eigenvalue weighted by atomic mass is 10.0. The van der Waals surface area contributed by atoms with Crippen molar-refractivity contribution in [1.29, 1.82) is 0 Å². The second-order valence-corrected chi connectivity index (χ2v) is 8.29. The Kier molecular flexibility index (Phi) is 13.6. The number of carbonyl (C=O) groups excluding carboxylic acids is 4. The van der Waals surface area contributed by atoms with Crippen molar-refractivity contribution in [2.75, 3.05) is 0 Å². The van der Waals surface area contributed by atoms with E-state index in [1.165, 1.54) is 0 Å². The van der Waals surface area contributed by atoms with Crippen LogP contribution in [0.15, 0.2) is 0 Å². The molecule has 0 heterocycles. The van der Waals surface area contributed by atoms with Gasteiger partial charge in [0.05, 0.1) is 12.5 Å². The quantitative estimate of drug-likeness (QED) is 0.103. The average molecular weight is 504 g/mol. The van der Waals surface area contributed by atoms with Crippen LogP contribution in [0.25, 0.3) is 0 Å². The first-order chi connectivity index (χ1) is 16.1. The molecule has 35 heavy (non-hydrogen) atoms. The summed E-state index contributed by atoms with van der Waals surface area (Å²) in [5.74, 6) is -7.95. The molecule has 0 saturated carbocycles. The standard InChI is InChI=1S/C20H33N5O10/c1-9(2)7-12(19(33)25-13(20(34)35)8-16(29)30)24-18(32)11(4-6-15(27)28)23-17(31)10(21)3-5-14(22)26/h9-13H,3-8,21H2,1-2H3,(H2,22,26)(H,23,31)(H,24,32)(H,25,33)(H,27,28)(H,29,30)(H,34,35). The van der Waals surface area contributed by atoms with Gasteiger partial charge in [-0.2, -0.15) is 0 Å². The van der Waals surface area contributed by atoms with Crippen molar-refractivity contribution in [2.24, 2.45) is 17.4 Å². The molecule has 0 aromatic heterocycles. The maximum absolute atomic E-state index is 12.8. The Morgan fingerprint density at radius 2 is 1.23 bits per heavy atom. The van der Waals surface area contributed by atoms with E-state index in [4.69, 9.17) is 26.8 Å². The lowest BCUT2D eigenvalue weighted by Gasteiger charge is -2.25. The predicted octanol–water partition coefficient (Wildman–Crippen LogP) is -2.50. The fraction of sp³-hybridized carbons (Fsp3) is 0.650. The van der Waals surface area contributed by atoms with Crippen LogP contribution in [-0.2, 0) is 33.6 Å². The van der Waals surface area contributed by atoms with E-state index < -0.39 is 78.5 Å². The summed E-state index contributed by atoms with van der Waals surface area (Å²) in [6, 6.07) is -5.71. The first-order valence-corrected chi connectivity index (χ1v) is 10.7. The van der Waals surface area contributed by atoms with Gasteiger partial charge in [-0.05, 0) is 25.2 Å². The fourth-order valence-electron chi connectivity index (χ4n) is 2.87. The Morgan fingerprint density at radius 3 is 1.69 bits per heavy atom. The second kappa shape index (κ2) is 15.2. The number of carboxylic acids is 3. The zero-order valence-corrected chi connectivity index (χ0v) is 19.5. The molecule has 4 amide bonds. The van der Waals surface area contributed by atoms with Crippen molar-refractivity contribution < 1.29 is 48.9 Å². The zero-order valence-electron chi connectivity index (χ0n) is 19.5. The van der Waals surface area contributed by atoms with Crippen molar-refractivity contribution in [1.82, 2.24) is 16.0 Å². The molecule has 0 spiro atoms. The lowest BCUT2D eigenvalue weighted by Crippen LogP contribution is -2.57. The third-order valence-corrected chi connectivity index (χ3v) is 4.65. The number of carbonyl (C=O) groups is 7. The maximum Gasteiger partial charge on any atom is 0.326 e. The van der Waals surface area contributed by atoms with E-state index in [9.17, 15) is 33.6 Å². The van der Waals surface area contributed by atoms with Crippen LogP contribution in [0.2, 0.25) is 0 Å². The van der Waals surface area contributed by atoms with E-state index in [2.05, 4.69) is 16.0 Å². The highest BCUT2D eigenvalue weighted by Crippen LogP contribution is 2.08. The molecular weight excluding hydrogens is 470 g/mol. The lowest BCUT2D eigenvalue weighted by molar-refractivity contribution is -0.147. The largest absolute Gasteiger partial charge is 0.481 e. The van der Waals surface area contributed by atoms with E-state index in [1.807, 2.05) is 0 Å². The number of hydrogen-bond acceptors (Lipinski definition) is 8. The zero-order chi connectivity index (χ0) is 27.3. The van der Waals surface area contributed by atoms with Gasteiger partial charge in [-0.25, -0.2) is 4.79 Å². The van der Waals surface area contributed by atoms with Crippen LogP contribution < -0.4 is 27.4 Å². The fourth-order valence-corrected chi connectivity index (χ4v) is 2.87. The molecule has 10 N–H and O–H groups in total. The predicted molar refractivity (Wildman–Crippen MR) is 118 cm³/mol. The summed E-state index contributed by atoms with van der Waals surface area (Å²) in [4.78, 5) is 81.8. The molecular formula is C20H33N5O10. The van der Waals surface area contributed by atoms with Gasteiger partial charge in [0.2, 0.25) is 23.6 Å². The molecule has 198 valence electrons. The van der Waals surface area contributed by atoms with Crippen LogP contribution in [0.1, 0.15) is 52.4 Å². The second-order valence-electron chi connectivity index (χ2n) is 8.29. The molecule has 0 fully saturated rings. The van der Waals surface area contributed by atoms with Crippen LogP contribution in [0.3, 0.4) is 0 Å². The minimum atomic E-state index is -1.75. The van der Waals surface area contributed by atoms with Gasteiger partial charge < -0.3 is 42.7 Å². The van der Waals surface area contributed by atoms with Gasteiger partial charge in [0, 0.05) is 12.8 Å². The molecule has 15 heteroatoms. The highest BCUT2D eigenvalue weighted by Gasteiger charge is 2.31. The smallest absolute Gasteiger partial charge is 0.326 e. The number of amides is 4. The van der Waals surface area contributed by atoms with Gasteiger partial charge in [0.25, 0.3) is 0 Å². The van der Waals surface area contributed by atoms with Gasteiger partial charge in [-0.15, -0.1) is 0 Å². The van der Waals surface area contributed by atoms with Crippen molar-refractivity contribution in [3.8, 4) is 0 Å². The first kappa shape index (κ1) is 31.2. The van der Waals surface area contributed by atoms with Gasteiger partial charge in [0.1, 0.15) is 18.1 Å². The van der Waals surface area contributed by atoms with E-state index >= 15 is 0 Å². The molecule has 0 aliphatic rings. The molecule has 0 aromatic carbocycles. The number of nitrogens with two attached hydrogens (primary N) is 2. The molecule has 0 radical (unpaired) electrons. The van der Waals surface area contributed by atoms with Gasteiger partial charge >= 0.3 is 17.9 Å². The van der Waals surface area contributed by atoms with Crippen LogP contribution in [0.5, 0.6) is 0 Å². The van der Waals surface area contributed by atoms with Gasteiger partial charge in [-0.1, -0.05) is 13.8 Å². The summed E-state index contributed by atoms with van der Waals surface area (Å²) < 4.78 is 0. The van der Waals surface area contributed by atoms with Crippen LogP contribution in [0, 0.1) is 5.92 Å². The Bertz CT molecular complexity index is 816. The number of rotatable bonds is 17. The monoisotopic (exact) mass is 503 g/mol. The van der Waals surface area contributed by atoms with Crippen molar-refractivity contribution in [3.63, 3.8) is 0 Å². The van der Waals surface area contributed by atoms with E-state index in [0.717, 1.165) is 0 Å². The summed E-state index contributed by atoms with van der Waals surface area (Å²) in [5.41, 5.74) is 10.7. The summed E-state index contributed by atoms with van der Waals surface area (Å²) in [6.45, 7) is 3.42. The number of hydrogen-bond donors (Lipinski definition) is 8. The summed E-state index contributed by atoms with van der Waals surface area (Å²) in [7, 11) is 0. The summed E-state index contributed by atoms with van der Waals surface area (Å²) >= 11 is 0. The third-order valence-electron chi connectivity index (χ3n) is 4.65. The molecule has 0 rings (SSSR count). The number of nitrogens with one attached hydrogen (secondary N) is 3. The molecule has 4 atom stereocenters. The molecule has 4 unspecified atom stereocenters. The average Bonchev–Trinajstić information content (AvgIpc) is 2.72. The molecule has 15 nitrogen and oxygen atoms in total. The number of carboxylic acid groups (broad SMARTS) is 3. The normalized spacial score (nSPS) is 14.2. The summed E-state index contributed by atoms with van der Waals surface area (Å²) in [5, 5.41) is 33.6. The van der Waals surface area contributed by atoms with E-state index in [0.29, 0.717) is 0 Å². The van der Waals surface area contributed by atoms with Gasteiger partial charge in [-0.3, -0.25) is 28.8 Å². The van der Waals surface area contributed by atoms with Gasteiger partial charge in [0.15, 0.2) is 0 Å². The summed E-state index contributed by atoms with van der Waals surface area (Å²) in [6.07, 6.45) is -2.07. The van der Waals surface area contributed by atoms with Crippen LogP contribution >= 0.6 is 0 Å². The molecule has 0 aromatic rings. The minimum Gasteiger partial charge on any atom is -0.481 e. The van der Waals surface area contributed by atoms with Crippen molar-refractivity contribution >= 4 is 41.5 Å². The molecule has 0 aliphatic heterocycles. The highest BCUT2D eigenvalue weighted by molar-refractivity contribution is 5.94.